The van der Waals surface area contributed by atoms with Gasteiger partial charge >= 0.3 is 12.1 Å². The number of fused-ring (bicyclic) bond motifs is 3. The first-order valence-corrected chi connectivity index (χ1v) is 21.3. The molecule has 0 spiro atoms. The molecule has 2 unspecified atom stereocenters. The average molecular weight is 841 g/mol. The fraction of sp³-hybridized carbons (Fsp3) is 0.610. The van der Waals surface area contributed by atoms with Gasteiger partial charge in [-0.15, -0.1) is 11.3 Å². The molecule has 2 aromatic heterocycles. The van der Waals surface area contributed by atoms with Gasteiger partial charge in [0.2, 0.25) is 11.8 Å². The van der Waals surface area contributed by atoms with Crippen molar-refractivity contribution in [3.63, 3.8) is 0 Å². The minimum absolute atomic E-state index is 0.0387. The van der Waals surface area contributed by atoms with Crippen LogP contribution in [0.1, 0.15) is 86.5 Å². The normalized spacial score (nSPS) is 26.9. The molecule has 314 valence electrons. The van der Waals surface area contributed by atoms with Crippen LogP contribution in [0.4, 0.5) is 9.93 Å². The number of carbonyl (C=O) groups is 4. The van der Waals surface area contributed by atoms with E-state index < -0.39 is 53.0 Å². The van der Waals surface area contributed by atoms with Gasteiger partial charge < -0.3 is 44.9 Å². The van der Waals surface area contributed by atoms with Crippen LogP contribution in [0.25, 0.3) is 22.3 Å². The second-order valence-electron chi connectivity index (χ2n) is 17.3. The van der Waals surface area contributed by atoms with E-state index in [0.29, 0.717) is 53.1 Å². The molecular formula is C41H53ClN6O9S. The Morgan fingerprint density at radius 2 is 1.79 bits per heavy atom. The maximum Gasteiger partial charge on any atom is 0.408 e. The molecule has 2 bridgehead atoms. The molecule has 58 heavy (non-hydrogen) atoms. The zero-order chi connectivity index (χ0) is 41.7. The van der Waals surface area contributed by atoms with Crippen LogP contribution in [-0.2, 0) is 23.9 Å². The molecule has 4 fully saturated rings. The molecule has 7 rings (SSSR count). The summed E-state index contributed by atoms with van der Waals surface area (Å²) in [6, 6.07) is 3.21. The summed E-state index contributed by atoms with van der Waals surface area (Å²) in [5, 5.41) is 22.6. The first kappa shape index (κ1) is 41.7. The summed E-state index contributed by atoms with van der Waals surface area (Å²) in [5.74, 6) is -1.67. The number of amides is 3. The SMILES string of the molecule is CC[C@@H]1C[C@]1(NC(=O)[C@@H]1C[C@@H](Oc2cc(-c3csc(NC(C)C)n3)nc3c(Cl)c(OC)ccc23)CN1C(=O)[C@@H](NC(=O)OC1CC2CCC(C1)O2)C(C)(C)C)C(=O)O. The van der Waals surface area contributed by atoms with Gasteiger partial charge in [0, 0.05) is 42.1 Å². The minimum Gasteiger partial charge on any atom is -0.495 e. The number of carbonyl (C=O) groups excluding carboxylic acids is 3. The van der Waals surface area contributed by atoms with Crippen LogP contribution in [0.2, 0.25) is 5.02 Å². The highest BCUT2D eigenvalue weighted by Gasteiger charge is 2.61. The number of aromatic nitrogens is 2. The number of carboxylic acid groups (broad SMARTS) is 1. The number of methoxy groups -OCH3 is 1. The van der Waals surface area contributed by atoms with Gasteiger partial charge in [0.15, 0.2) is 5.13 Å². The van der Waals surface area contributed by atoms with Crippen molar-refractivity contribution in [1.82, 2.24) is 25.5 Å². The number of thiazole rings is 1. The summed E-state index contributed by atoms with van der Waals surface area (Å²) >= 11 is 8.26. The number of pyridine rings is 1. The predicted octanol–water partition coefficient (Wildman–Crippen LogP) is 6.41. The van der Waals surface area contributed by atoms with E-state index in [1.165, 1.54) is 23.3 Å². The lowest BCUT2D eigenvalue weighted by atomic mass is 9.85. The molecule has 3 saturated heterocycles. The zero-order valence-electron chi connectivity index (χ0n) is 33.9. The van der Waals surface area contributed by atoms with Crippen LogP contribution in [0, 0.1) is 11.3 Å². The lowest BCUT2D eigenvalue weighted by Crippen LogP contribution is -2.59. The van der Waals surface area contributed by atoms with Crippen LogP contribution in [-0.4, -0.2) is 106 Å². The van der Waals surface area contributed by atoms with Gasteiger partial charge in [-0.05, 0) is 56.6 Å². The number of anilines is 1. The van der Waals surface area contributed by atoms with E-state index in [2.05, 4.69) is 16.0 Å². The molecule has 4 N–H and O–H groups in total. The van der Waals surface area contributed by atoms with Crippen molar-refractivity contribution >= 4 is 62.8 Å². The summed E-state index contributed by atoms with van der Waals surface area (Å²) in [6.45, 7) is 11.3. The summed E-state index contributed by atoms with van der Waals surface area (Å²) in [4.78, 5) is 65.9. The van der Waals surface area contributed by atoms with E-state index in [-0.39, 0.29) is 54.7 Å². The summed E-state index contributed by atoms with van der Waals surface area (Å²) < 4.78 is 24.0. The molecule has 3 aliphatic heterocycles. The molecule has 1 aromatic carbocycles. The number of ether oxygens (including phenoxy) is 4. The van der Waals surface area contributed by atoms with Gasteiger partial charge in [0.1, 0.15) is 52.0 Å². The van der Waals surface area contributed by atoms with Crippen LogP contribution >= 0.6 is 22.9 Å². The third-order valence-electron chi connectivity index (χ3n) is 11.6. The van der Waals surface area contributed by atoms with Crippen molar-refractivity contribution < 1.29 is 43.2 Å². The van der Waals surface area contributed by atoms with Crippen molar-refractivity contribution in [1.29, 1.82) is 0 Å². The smallest absolute Gasteiger partial charge is 0.408 e. The fourth-order valence-corrected chi connectivity index (χ4v) is 9.61. The fourth-order valence-electron chi connectivity index (χ4n) is 8.47. The maximum absolute atomic E-state index is 14.8. The second-order valence-corrected chi connectivity index (χ2v) is 18.5. The lowest BCUT2D eigenvalue weighted by Gasteiger charge is -2.36. The Morgan fingerprint density at radius 3 is 2.41 bits per heavy atom. The molecule has 1 saturated carbocycles. The highest BCUT2D eigenvalue weighted by molar-refractivity contribution is 7.14. The number of nitrogens with one attached hydrogen (secondary N) is 3. The molecule has 15 nitrogen and oxygen atoms in total. The highest BCUT2D eigenvalue weighted by atomic mass is 35.5. The Labute approximate surface area is 346 Å². The van der Waals surface area contributed by atoms with Gasteiger partial charge in [-0.2, -0.15) is 0 Å². The van der Waals surface area contributed by atoms with Gasteiger partial charge in [-0.1, -0.05) is 45.7 Å². The third kappa shape index (κ3) is 8.51. The maximum atomic E-state index is 14.8. The second kappa shape index (κ2) is 16.3. The molecule has 1 aliphatic carbocycles. The van der Waals surface area contributed by atoms with Crippen molar-refractivity contribution in [3.05, 3.63) is 28.6 Å². The number of likely N-dealkylation sites (tertiary alicyclic amines) is 1. The molecule has 5 heterocycles. The Morgan fingerprint density at radius 1 is 1.07 bits per heavy atom. The Bertz CT molecular complexity index is 2060. The van der Waals surface area contributed by atoms with Crippen molar-refractivity contribution in [3.8, 4) is 22.9 Å². The van der Waals surface area contributed by atoms with Crippen LogP contribution in [0.5, 0.6) is 11.5 Å². The predicted molar refractivity (Wildman–Crippen MR) is 218 cm³/mol. The molecule has 7 atom stereocenters. The van der Waals surface area contributed by atoms with Crippen molar-refractivity contribution in [2.75, 3.05) is 19.0 Å². The number of hydrogen-bond acceptors (Lipinski definition) is 12. The summed E-state index contributed by atoms with van der Waals surface area (Å²) in [7, 11) is 1.51. The van der Waals surface area contributed by atoms with E-state index in [4.69, 9.17) is 40.5 Å². The standard InChI is InChI=1S/C41H53ClN6O9S/c1-8-21-17-41(21,37(51)52)47-35(49)29-15-25(18-48(29)36(50)34(40(4,5)6)46-39(53)57-24-13-22-9-10-23(14-24)55-22)56-31-16-27(28-19-58-38(45-28)43-20(2)3)44-33-26(31)11-12-30(54-7)32(33)42/h11-12,16,19-25,29,34H,8-10,13-15,17-18H2,1-7H3,(H,43,45)(H,46,53)(H,47,49)(H,51,52)/t21-,22?,23?,24?,25-,29+,34-,41-/m1/s1. The number of benzene rings is 1. The molecular weight excluding hydrogens is 788 g/mol. The van der Waals surface area contributed by atoms with Crippen molar-refractivity contribution in [2.45, 2.75) is 135 Å². The van der Waals surface area contributed by atoms with E-state index in [9.17, 15) is 24.3 Å². The lowest BCUT2D eigenvalue weighted by molar-refractivity contribution is -0.146. The van der Waals surface area contributed by atoms with E-state index >= 15 is 0 Å². The van der Waals surface area contributed by atoms with E-state index in [0.717, 1.165) is 18.0 Å². The first-order valence-electron chi connectivity index (χ1n) is 20.0. The van der Waals surface area contributed by atoms with Crippen LogP contribution < -0.4 is 25.4 Å². The number of halogens is 1. The Hall–Kier alpha value is -4.41. The number of nitrogens with zero attached hydrogens (tertiary/aromatic N) is 3. The monoisotopic (exact) mass is 840 g/mol. The summed E-state index contributed by atoms with van der Waals surface area (Å²) in [5.41, 5.74) is -0.735. The van der Waals surface area contributed by atoms with Crippen LogP contribution in [0.15, 0.2) is 23.6 Å². The number of aliphatic carboxylic acids is 1. The first-order chi connectivity index (χ1) is 27.5. The van der Waals surface area contributed by atoms with Crippen molar-refractivity contribution in [2.24, 2.45) is 11.3 Å². The average Bonchev–Trinajstić information content (AvgIpc) is 3.42. The number of carboxylic acids is 1. The Kier molecular flexibility index (Phi) is 11.7. The topological polar surface area (TPSA) is 191 Å². The van der Waals surface area contributed by atoms with Gasteiger partial charge in [0.05, 0.1) is 37.1 Å². The molecule has 3 amide bonds. The van der Waals surface area contributed by atoms with Gasteiger partial charge in [-0.25, -0.2) is 19.6 Å². The largest absolute Gasteiger partial charge is 0.495 e. The number of rotatable bonds is 13. The number of hydrogen-bond donors (Lipinski definition) is 4. The Balaban J connectivity index is 1.19. The third-order valence-corrected chi connectivity index (χ3v) is 12.7. The van der Waals surface area contributed by atoms with E-state index in [1.54, 1.807) is 18.2 Å². The molecule has 4 aliphatic rings. The zero-order valence-corrected chi connectivity index (χ0v) is 35.5. The van der Waals surface area contributed by atoms with Gasteiger partial charge in [-0.3, -0.25) is 9.59 Å². The van der Waals surface area contributed by atoms with Gasteiger partial charge in [0.25, 0.3) is 0 Å². The molecule has 3 aromatic rings. The number of alkyl carbamates (subject to hydrolysis) is 1. The molecule has 0 radical (unpaired) electrons. The quantitative estimate of drug-likeness (QED) is 0.148. The minimum atomic E-state index is -1.42. The van der Waals surface area contributed by atoms with E-state index in [1.807, 2.05) is 46.9 Å². The molecule has 17 heteroatoms. The highest BCUT2D eigenvalue weighted by Crippen LogP contribution is 2.47. The summed E-state index contributed by atoms with van der Waals surface area (Å²) in [6.07, 6.45) is 2.26. The van der Waals surface area contributed by atoms with Crippen LogP contribution in [0.3, 0.4) is 0 Å².